The first kappa shape index (κ1) is 13.2. The van der Waals surface area contributed by atoms with Crippen LogP contribution in [0, 0.1) is 0 Å². The van der Waals surface area contributed by atoms with Gasteiger partial charge < -0.3 is 19.0 Å². The number of hydrogen-bond acceptors (Lipinski definition) is 4. The molecule has 5 heteroatoms. The van der Waals surface area contributed by atoms with Gasteiger partial charge in [-0.15, -0.1) is 0 Å². The number of benzene rings is 1. The molecule has 1 aromatic carbocycles. The molecule has 0 bridgehead atoms. The van der Waals surface area contributed by atoms with Crippen LogP contribution in [0.15, 0.2) is 42.7 Å². The zero-order chi connectivity index (χ0) is 14.9. The zero-order valence-corrected chi connectivity index (χ0v) is 12.0. The van der Waals surface area contributed by atoms with Gasteiger partial charge in [0, 0.05) is 24.4 Å². The molecule has 0 radical (unpaired) electrons. The predicted molar refractivity (Wildman–Crippen MR) is 82.2 cm³/mol. The van der Waals surface area contributed by atoms with E-state index in [0.29, 0.717) is 13.2 Å². The monoisotopic (exact) mass is 296 g/mol. The summed E-state index contributed by atoms with van der Waals surface area (Å²) in [5.41, 5.74) is 3.52. The average molecular weight is 296 g/mol. The number of pyridine rings is 1. The van der Waals surface area contributed by atoms with E-state index in [1.807, 2.05) is 47.1 Å². The fraction of sp³-hybridized carbons (Fsp3) is 0.235. The molecule has 1 N–H and O–H groups in total. The van der Waals surface area contributed by atoms with E-state index in [2.05, 4.69) is 4.98 Å². The highest BCUT2D eigenvalue weighted by molar-refractivity contribution is 5.66. The standard InChI is InChI=1S/C17H16N2O3/c20-11-12-4-5-19-10-14(18-17(19)8-12)13-2-3-15-16(9-13)22-7-1-6-21-15/h2-5,8-10,20H,1,6-7,11H2. The van der Waals surface area contributed by atoms with Gasteiger partial charge in [-0.1, -0.05) is 0 Å². The molecule has 0 fully saturated rings. The van der Waals surface area contributed by atoms with E-state index >= 15 is 0 Å². The molecule has 5 nitrogen and oxygen atoms in total. The summed E-state index contributed by atoms with van der Waals surface area (Å²) in [6.07, 6.45) is 4.76. The van der Waals surface area contributed by atoms with Crippen molar-refractivity contribution in [2.45, 2.75) is 13.0 Å². The van der Waals surface area contributed by atoms with E-state index in [4.69, 9.17) is 9.47 Å². The number of ether oxygens (including phenoxy) is 2. The molecule has 3 heterocycles. The number of hydrogen-bond donors (Lipinski definition) is 1. The Balaban J connectivity index is 1.76. The van der Waals surface area contributed by atoms with E-state index < -0.39 is 0 Å². The summed E-state index contributed by atoms with van der Waals surface area (Å²) in [6.45, 7) is 1.37. The second-order valence-corrected chi connectivity index (χ2v) is 5.30. The molecule has 0 saturated heterocycles. The van der Waals surface area contributed by atoms with Gasteiger partial charge in [0.25, 0.3) is 0 Å². The highest BCUT2D eigenvalue weighted by Crippen LogP contribution is 2.34. The van der Waals surface area contributed by atoms with E-state index in [0.717, 1.165) is 40.4 Å². The maximum absolute atomic E-state index is 9.21. The van der Waals surface area contributed by atoms with Gasteiger partial charge in [-0.3, -0.25) is 0 Å². The number of aliphatic hydroxyl groups is 1. The Morgan fingerprint density at radius 3 is 2.82 bits per heavy atom. The van der Waals surface area contributed by atoms with Gasteiger partial charge in [-0.25, -0.2) is 4.98 Å². The summed E-state index contributed by atoms with van der Waals surface area (Å²) in [5, 5.41) is 9.21. The van der Waals surface area contributed by atoms with Crippen molar-refractivity contribution < 1.29 is 14.6 Å². The van der Waals surface area contributed by atoms with Crippen molar-refractivity contribution in [1.82, 2.24) is 9.38 Å². The number of aliphatic hydroxyl groups excluding tert-OH is 1. The molecule has 4 rings (SSSR count). The lowest BCUT2D eigenvalue weighted by Crippen LogP contribution is -1.97. The van der Waals surface area contributed by atoms with Gasteiger partial charge in [-0.2, -0.15) is 0 Å². The van der Waals surface area contributed by atoms with E-state index in [9.17, 15) is 5.11 Å². The average Bonchev–Trinajstić information content (AvgIpc) is 2.84. The van der Waals surface area contributed by atoms with Crippen molar-refractivity contribution in [2.24, 2.45) is 0 Å². The summed E-state index contributed by atoms with van der Waals surface area (Å²) in [5.74, 6) is 1.55. The minimum absolute atomic E-state index is 0.0166. The second kappa shape index (κ2) is 5.35. The Labute approximate surface area is 127 Å². The number of nitrogens with zero attached hydrogens (tertiary/aromatic N) is 2. The Kier molecular flexibility index (Phi) is 3.20. The first-order valence-corrected chi connectivity index (χ1v) is 7.32. The predicted octanol–water partition coefficient (Wildman–Crippen LogP) is 2.65. The lowest BCUT2D eigenvalue weighted by Gasteiger charge is -2.07. The maximum atomic E-state index is 9.21. The Bertz CT molecular complexity index is 826. The van der Waals surface area contributed by atoms with Crippen molar-refractivity contribution in [1.29, 1.82) is 0 Å². The van der Waals surface area contributed by atoms with Crippen LogP contribution >= 0.6 is 0 Å². The molecule has 0 spiro atoms. The van der Waals surface area contributed by atoms with Crippen LogP contribution in [0.4, 0.5) is 0 Å². The summed E-state index contributed by atoms with van der Waals surface area (Å²) in [7, 11) is 0. The van der Waals surface area contributed by atoms with Crippen molar-refractivity contribution in [3.63, 3.8) is 0 Å². The first-order valence-electron chi connectivity index (χ1n) is 7.32. The SMILES string of the molecule is OCc1ccn2cc(-c3ccc4c(c3)OCCCO4)nc2c1. The maximum Gasteiger partial charge on any atom is 0.161 e. The van der Waals surface area contributed by atoms with Crippen LogP contribution in [0.1, 0.15) is 12.0 Å². The third kappa shape index (κ3) is 2.29. The van der Waals surface area contributed by atoms with Gasteiger partial charge in [0.1, 0.15) is 5.65 Å². The second-order valence-electron chi connectivity index (χ2n) is 5.30. The Morgan fingerprint density at radius 2 is 1.95 bits per heavy atom. The lowest BCUT2D eigenvalue weighted by molar-refractivity contribution is 0.282. The van der Waals surface area contributed by atoms with Gasteiger partial charge in [0.05, 0.1) is 25.5 Å². The molecule has 2 aromatic heterocycles. The Hall–Kier alpha value is -2.53. The van der Waals surface area contributed by atoms with E-state index in [1.54, 1.807) is 0 Å². The largest absolute Gasteiger partial charge is 0.490 e. The topological polar surface area (TPSA) is 56.0 Å². The summed E-state index contributed by atoms with van der Waals surface area (Å²) >= 11 is 0. The molecule has 1 aliphatic rings. The molecule has 0 saturated carbocycles. The van der Waals surface area contributed by atoms with Gasteiger partial charge in [0.15, 0.2) is 11.5 Å². The van der Waals surface area contributed by atoms with E-state index in [1.165, 1.54) is 0 Å². The molecule has 22 heavy (non-hydrogen) atoms. The summed E-state index contributed by atoms with van der Waals surface area (Å²) in [4.78, 5) is 4.62. The molecule has 0 aliphatic carbocycles. The molecule has 3 aromatic rings. The van der Waals surface area contributed by atoms with Crippen LogP contribution in [0.3, 0.4) is 0 Å². The molecule has 0 unspecified atom stereocenters. The normalized spacial score (nSPS) is 14.0. The highest BCUT2D eigenvalue weighted by Gasteiger charge is 2.13. The van der Waals surface area contributed by atoms with Crippen molar-refractivity contribution >= 4 is 5.65 Å². The minimum Gasteiger partial charge on any atom is -0.490 e. The molecule has 0 atom stereocenters. The summed E-state index contributed by atoms with van der Waals surface area (Å²) in [6, 6.07) is 9.65. The number of aromatic nitrogens is 2. The van der Waals surface area contributed by atoms with Gasteiger partial charge >= 0.3 is 0 Å². The van der Waals surface area contributed by atoms with Crippen LogP contribution in [0.5, 0.6) is 11.5 Å². The number of imidazole rings is 1. The highest BCUT2D eigenvalue weighted by atomic mass is 16.5. The third-order valence-electron chi connectivity index (χ3n) is 3.75. The van der Waals surface area contributed by atoms with Gasteiger partial charge in [-0.05, 0) is 35.9 Å². The quantitative estimate of drug-likeness (QED) is 0.790. The van der Waals surface area contributed by atoms with Crippen LogP contribution in [-0.2, 0) is 6.61 Å². The smallest absolute Gasteiger partial charge is 0.161 e. The molecule has 0 amide bonds. The fourth-order valence-electron chi connectivity index (χ4n) is 2.58. The number of rotatable bonds is 2. The Morgan fingerprint density at radius 1 is 1.09 bits per heavy atom. The minimum atomic E-state index is 0.0166. The van der Waals surface area contributed by atoms with Gasteiger partial charge in [0.2, 0.25) is 0 Å². The third-order valence-corrected chi connectivity index (χ3v) is 3.75. The fourth-order valence-corrected chi connectivity index (χ4v) is 2.58. The molecular formula is C17H16N2O3. The first-order chi connectivity index (χ1) is 10.8. The molecule has 1 aliphatic heterocycles. The summed E-state index contributed by atoms with van der Waals surface area (Å²) < 4.78 is 13.3. The number of fused-ring (bicyclic) bond motifs is 2. The lowest BCUT2D eigenvalue weighted by atomic mass is 10.1. The van der Waals surface area contributed by atoms with Crippen molar-refractivity contribution in [3.05, 3.63) is 48.3 Å². The molecular weight excluding hydrogens is 280 g/mol. The van der Waals surface area contributed by atoms with Crippen LogP contribution in [0.2, 0.25) is 0 Å². The van der Waals surface area contributed by atoms with Crippen LogP contribution in [0.25, 0.3) is 16.9 Å². The molecule has 112 valence electrons. The van der Waals surface area contributed by atoms with Crippen LogP contribution in [-0.4, -0.2) is 27.7 Å². The van der Waals surface area contributed by atoms with Crippen molar-refractivity contribution in [2.75, 3.05) is 13.2 Å². The van der Waals surface area contributed by atoms with Crippen LogP contribution < -0.4 is 9.47 Å². The van der Waals surface area contributed by atoms with Crippen molar-refractivity contribution in [3.8, 4) is 22.8 Å². The zero-order valence-electron chi connectivity index (χ0n) is 12.0. The van der Waals surface area contributed by atoms with E-state index in [-0.39, 0.29) is 6.61 Å².